The van der Waals surface area contributed by atoms with Crippen molar-refractivity contribution >= 4 is 32.0 Å². The number of hydrogen-bond acceptors (Lipinski definition) is 12. The fourth-order valence-electron chi connectivity index (χ4n) is 10.3. The van der Waals surface area contributed by atoms with Crippen LogP contribution in [-0.4, -0.2) is 117 Å². The molecule has 0 radical (unpaired) electrons. The summed E-state index contributed by atoms with van der Waals surface area (Å²) in [6.07, 6.45) is 12.0. The normalized spacial score (nSPS) is 29.9. The molecule has 6 aliphatic rings. The Morgan fingerprint density at radius 3 is 1.43 bits per heavy atom. The molecule has 16 heteroatoms. The summed E-state index contributed by atoms with van der Waals surface area (Å²) in [5.41, 5.74) is 5.48. The third-order valence-corrected chi connectivity index (χ3v) is 15.7. The van der Waals surface area contributed by atoms with Gasteiger partial charge >= 0.3 is 0 Å². The lowest BCUT2D eigenvalue weighted by Crippen LogP contribution is -3.19. The standard InChI is InChI=1S/2C18H26N2O3S.C4H4O4/c2*1-23-15-5-6-16-13(10-15)7-9-19-12-14-4-3-8-20(24(2,21)22)17(14)11-18(16)19;5-3(6)1-2-4(7)8/h2*5-6,10,14,17-18H,3-4,7-9,11-12H2,1-2H3;1-2H,(H,5,6)(H,7,8)/b;;2-1-/t2*14-,17+,18+;/m11./s1. The van der Waals surface area contributed by atoms with E-state index in [4.69, 9.17) is 9.47 Å². The van der Waals surface area contributed by atoms with E-state index in [1.165, 1.54) is 47.6 Å². The first-order chi connectivity index (χ1) is 26.6. The van der Waals surface area contributed by atoms with Gasteiger partial charge < -0.3 is 29.3 Å². The molecule has 6 aliphatic heterocycles. The quantitative estimate of drug-likeness (QED) is 0.316. The van der Waals surface area contributed by atoms with Crippen LogP contribution in [0.2, 0.25) is 0 Å². The molecule has 308 valence electrons. The highest BCUT2D eigenvalue weighted by molar-refractivity contribution is 7.84. The molecule has 2 aromatic rings. The highest BCUT2D eigenvalue weighted by Crippen LogP contribution is 2.42. The van der Waals surface area contributed by atoms with Crippen molar-refractivity contribution in [2.75, 3.05) is 66.0 Å². The molecular formula is C40H56N4O10S2. The van der Waals surface area contributed by atoms with E-state index in [2.05, 4.69) is 34.1 Å². The monoisotopic (exact) mass is 816 g/mol. The summed E-state index contributed by atoms with van der Waals surface area (Å²) in [6, 6.07) is 14.0. The zero-order valence-electron chi connectivity index (χ0n) is 32.8. The number of quaternary nitrogens is 2. The number of ether oxygens (including phenoxy) is 2. The molecule has 0 bridgehead atoms. The summed E-state index contributed by atoms with van der Waals surface area (Å²) < 4.78 is 61.4. The number of methoxy groups -OCH3 is 2. The number of benzene rings is 2. The minimum atomic E-state index is -3.04. The molecule has 4 fully saturated rings. The molecule has 2 aromatic carbocycles. The topological polar surface area (TPSA) is 182 Å². The number of rotatable bonds is 6. The first-order valence-electron chi connectivity index (χ1n) is 19.6. The van der Waals surface area contributed by atoms with Crippen LogP contribution in [0.15, 0.2) is 48.6 Å². The molecule has 56 heavy (non-hydrogen) atoms. The molecular weight excluding hydrogens is 761 g/mol. The Labute approximate surface area is 331 Å². The molecule has 2 unspecified atom stereocenters. The lowest BCUT2D eigenvalue weighted by Gasteiger charge is -2.49. The van der Waals surface area contributed by atoms with Gasteiger partial charge in [0.1, 0.15) is 23.6 Å². The van der Waals surface area contributed by atoms with Gasteiger partial charge in [0.2, 0.25) is 0 Å². The van der Waals surface area contributed by atoms with Gasteiger partial charge in [-0.25, -0.2) is 8.61 Å². The summed E-state index contributed by atoms with van der Waals surface area (Å²) in [5.74, 6) is -0.240. The van der Waals surface area contributed by atoms with Crippen LogP contribution in [-0.2, 0) is 42.5 Å². The number of fused-ring (bicyclic) bond motifs is 8. The van der Waals surface area contributed by atoms with E-state index in [-0.39, 0.29) is 12.1 Å². The minimum absolute atomic E-state index is 0.239. The van der Waals surface area contributed by atoms with Crippen LogP contribution in [0.5, 0.6) is 11.5 Å². The van der Waals surface area contributed by atoms with Gasteiger partial charge in [0.25, 0.3) is 20.0 Å². The first-order valence-corrected chi connectivity index (χ1v) is 23.4. The third-order valence-electron chi connectivity index (χ3n) is 12.8. The first kappa shape index (κ1) is 42.1. The molecule has 4 saturated heterocycles. The summed E-state index contributed by atoms with van der Waals surface area (Å²) in [4.78, 5) is 24.0. The lowest BCUT2D eigenvalue weighted by molar-refractivity contribution is -0.812. The van der Waals surface area contributed by atoms with E-state index in [1.807, 2.05) is 12.1 Å². The van der Waals surface area contributed by atoms with Gasteiger partial charge in [-0.15, -0.1) is 0 Å². The molecule has 0 aromatic heterocycles. The average Bonchev–Trinajstić information content (AvgIpc) is 3.17. The summed E-state index contributed by atoms with van der Waals surface area (Å²) in [7, 11) is -2.68. The van der Waals surface area contributed by atoms with E-state index in [9.17, 15) is 36.6 Å². The Morgan fingerprint density at radius 2 is 1.09 bits per heavy atom. The number of nitrogens with one attached hydrogen (secondary N) is 2. The summed E-state index contributed by atoms with van der Waals surface area (Å²) >= 11 is 0. The lowest BCUT2D eigenvalue weighted by atomic mass is 9.77. The molecule has 0 amide bonds. The molecule has 0 spiro atoms. The van der Waals surface area contributed by atoms with Crippen molar-refractivity contribution in [2.45, 2.75) is 75.5 Å². The minimum Gasteiger partial charge on any atom is -0.545 e. The highest BCUT2D eigenvalue weighted by atomic mass is 32.2. The maximum Gasteiger partial charge on any atom is 0.292 e. The molecule has 14 nitrogen and oxygen atoms in total. The van der Waals surface area contributed by atoms with E-state index >= 15 is 0 Å². The Hall–Kier alpha value is -3.54. The third kappa shape index (κ3) is 9.59. The van der Waals surface area contributed by atoms with Crippen molar-refractivity contribution in [3.8, 4) is 11.5 Å². The van der Waals surface area contributed by atoms with E-state index < -0.39 is 32.0 Å². The second-order valence-electron chi connectivity index (χ2n) is 16.1. The van der Waals surface area contributed by atoms with Crippen LogP contribution < -0.4 is 28.3 Å². The molecule has 0 aliphatic carbocycles. The summed E-state index contributed by atoms with van der Waals surface area (Å²) in [5, 5.41) is 18.8. The summed E-state index contributed by atoms with van der Waals surface area (Å²) in [6.45, 7) is 5.76. The predicted octanol–water partition coefficient (Wildman–Crippen LogP) is -1.72. The Bertz CT molecular complexity index is 1870. The van der Waals surface area contributed by atoms with Crippen LogP contribution in [0.25, 0.3) is 0 Å². The Balaban J connectivity index is 0.000000160. The van der Waals surface area contributed by atoms with Crippen LogP contribution in [0.4, 0.5) is 0 Å². The predicted molar refractivity (Wildman–Crippen MR) is 205 cm³/mol. The van der Waals surface area contributed by atoms with Crippen molar-refractivity contribution in [1.29, 1.82) is 0 Å². The van der Waals surface area contributed by atoms with Gasteiger partial charge in [0, 0.05) is 62.9 Å². The Kier molecular flexibility index (Phi) is 13.2. The molecule has 2 N–H and O–H groups in total. The maximum absolute atomic E-state index is 12.3. The van der Waals surface area contributed by atoms with Crippen molar-refractivity contribution < 1.29 is 54.7 Å². The van der Waals surface area contributed by atoms with Crippen molar-refractivity contribution in [3.05, 3.63) is 70.8 Å². The van der Waals surface area contributed by atoms with Gasteiger partial charge in [-0.05, 0) is 97.2 Å². The average molecular weight is 817 g/mol. The molecule has 6 heterocycles. The molecule has 0 saturated carbocycles. The largest absolute Gasteiger partial charge is 0.545 e. The molecule has 8 rings (SSSR count). The van der Waals surface area contributed by atoms with Crippen molar-refractivity contribution in [1.82, 2.24) is 9.80 Å². The zero-order chi connectivity index (χ0) is 40.4. The number of carbonyl (C=O) groups excluding carboxylic acids is 2. The van der Waals surface area contributed by atoms with E-state index in [0.29, 0.717) is 36.1 Å². The number of carbonyl (C=O) groups is 2. The van der Waals surface area contributed by atoms with Gasteiger partial charge in [0.15, 0.2) is 0 Å². The number of sulfonamides is 2. The fourth-order valence-corrected chi connectivity index (χ4v) is 13.0. The number of carboxylic acid groups (broad SMARTS) is 2. The van der Waals surface area contributed by atoms with Gasteiger partial charge in [-0.1, -0.05) is 12.1 Å². The number of aliphatic carboxylic acids is 2. The number of hydrogen-bond donors (Lipinski definition) is 2. The highest BCUT2D eigenvalue weighted by Gasteiger charge is 2.49. The number of carboxylic acids is 2. The second-order valence-corrected chi connectivity index (χ2v) is 20.2. The zero-order valence-corrected chi connectivity index (χ0v) is 34.4. The van der Waals surface area contributed by atoms with Crippen LogP contribution in [0.1, 0.15) is 72.9 Å². The van der Waals surface area contributed by atoms with Crippen molar-refractivity contribution in [3.63, 3.8) is 0 Å². The molecule has 8 atom stereocenters. The fraction of sp³-hybridized carbons (Fsp3) is 0.600. The van der Waals surface area contributed by atoms with Crippen LogP contribution in [0.3, 0.4) is 0 Å². The number of nitrogens with zero attached hydrogens (tertiary/aromatic N) is 2. The smallest absolute Gasteiger partial charge is 0.292 e. The Morgan fingerprint density at radius 1 is 0.696 bits per heavy atom. The van der Waals surface area contributed by atoms with Crippen LogP contribution in [0, 0.1) is 11.8 Å². The van der Waals surface area contributed by atoms with Crippen LogP contribution >= 0.6 is 0 Å². The van der Waals surface area contributed by atoms with E-state index in [0.717, 1.165) is 97.9 Å². The van der Waals surface area contributed by atoms with Gasteiger partial charge in [0.05, 0.1) is 51.8 Å². The van der Waals surface area contributed by atoms with Gasteiger partial charge in [-0.2, -0.15) is 16.8 Å². The van der Waals surface area contributed by atoms with Gasteiger partial charge in [-0.3, -0.25) is 9.80 Å². The SMILES string of the molecule is COc1ccc2c(c1)CCN1C[C@H]3CCC[NH+](S(C)(=O)=O)[C@H]3C[C@@H]21.COc1ccc2c(c1)CCN1C[C@H]3CCC[NH+](S(C)(=O)=O)[C@H]3C[C@@H]21.O=C([O-])/C=C\C(=O)[O-]. The maximum atomic E-state index is 12.3. The van der Waals surface area contributed by atoms with E-state index in [1.54, 1.807) is 14.2 Å². The second kappa shape index (κ2) is 17.5. The van der Waals surface area contributed by atoms with Crippen molar-refractivity contribution in [2.24, 2.45) is 11.8 Å². The number of piperidine rings is 4.